The summed E-state index contributed by atoms with van der Waals surface area (Å²) in [7, 11) is -3.32. The Bertz CT molecular complexity index is 1520. The third kappa shape index (κ3) is 5.24. The van der Waals surface area contributed by atoms with Crippen LogP contribution in [0.3, 0.4) is 0 Å². The number of halogens is 1. The van der Waals surface area contributed by atoms with Crippen LogP contribution in [0.4, 0.5) is 0 Å². The van der Waals surface area contributed by atoms with Gasteiger partial charge >= 0.3 is 0 Å². The largest absolute Gasteiger partial charge is 0.286 e. The van der Waals surface area contributed by atoms with Crippen LogP contribution in [-0.4, -0.2) is 48.5 Å². The summed E-state index contributed by atoms with van der Waals surface area (Å²) in [5.74, 6) is -0.262. The lowest BCUT2D eigenvalue weighted by Gasteiger charge is -2.26. The van der Waals surface area contributed by atoms with Gasteiger partial charge in [-0.1, -0.05) is 42.3 Å². The number of rotatable bonds is 6. The minimum atomic E-state index is -3.32. The number of hydrogen-bond acceptors (Lipinski definition) is 6. The Kier molecular flexibility index (Phi) is 6.98. The molecule has 0 aliphatic carbocycles. The number of aromatic nitrogens is 2. The topological polar surface area (TPSA) is 84.3 Å². The maximum Gasteiger partial charge on any atom is 0.286 e. The zero-order chi connectivity index (χ0) is 25.3. The second-order valence-corrected chi connectivity index (χ2v) is 12.2. The Morgan fingerprint density at radius 2 is 1.72 bits per heavy atom. The zero-order valence-electron chi connectivity index (χ0n) is 19.6. The summed E-state index contributed by atoms with van der Waals surface area (Å²) in [5, 5.41) is 7.09. The molecule has 0 saturated carbocycles. The molecule has 1 aliphatic rings. The minimum Gasteiger partial charge on any atom is -0.283 e. The molecular weight excluding hydrogens is 516 g/mol. The lowest BCUT2D eigenvalue weighted by Crippen LogP contribution is -2.45. The van der Waals surface area contributed by atoms with Crippen LogP contribution >= 0.6 is 22.9 Å². The first-order chi connectivity index (χ1) is 17.3. The Hall–Kier alpha value is -2.98. The van der Waals surface area contributed by atoms with Gasteiger partial charge in [0.05, 0.1) is 26.2 Å². The molecule has 2 aromatic heterocycles. The first kappa shape index (κ1) is 24.7. The van der Waals surface area contributed by atoms with Crippen LogP contribution in [-0.2, 0) is 9.84 Å². The third-order valence-corrected chi connectivity index (χ3v) is 8.63. The smallest absolute Gasteiger partial charge is 0.283 e. The fourth-order valence-corrected chi connectivity index (χ4v) is 6.08. The van der Waals surface area contributed by atoms with Gasteiger partial charge in [-0.2, -0.15) is 5.10 Å². The molecule has 5 rings (SSSR count). The molecule has 186 valence electrons. The van der Waals surface area contributed by atoms with Crippen molar-refractivity contribution >= 4 is 38.7 Å². The van der Waals surface area contributed by atoms with Crippen molar-refractivity contribution < 1.29 is 13.2 Å². The van der Waals surface area contributed by atoms with Gasteiger partial charge in [-0.05, 0) is 60.9 Å². The van der Waals surface area contributed by atoms with Crippen LogP contribution in [0.2, 0.25) is 5.02 Å². The van der Waals surface area contributed by atoms with E-state index in [4.69, 9.17) is 11.6 Å². The van der Waals surface area contributed by atoms with Crippen LogP contribution in [0.15, 0.2) is 71.6 Å². The van der Waals surface area contributed by atoms with Crippen molar-refractivity contribution in [3.63, 3.8) is 0 Å². The summed E-state index contributed by atoms with van der Waals surface area (Å²) >= 11 is 7.99. The number of carbonyl (C=O) groups is 1. The van der Waals surface area contributed by atoms with Crippen LogP contribution in [0.1, 0.15) is 29.8 Å². The predicted octanol–water partition coefficient (Wildman–Crippen LogP) is 5.46. The minimum absolute atomic E-state index is 0.262. The molecule has 0 spiro atoms. The van der Waals surface area contributed by atoms with Gasteiger partial charge in [-0.25, -0.2) is 18.1 Å². The lowest BCUT2D eigenvalue weighted by atomic mass is 10.2. The number of hydrazine groups is 1. The zero-order valence-corrected chi connectivity index (χ0v) is 22.0. The van der Waals surface area contributed by atoms with Crippen LogP contribution in [0, 0.1) is 0 Å². The van der Waals surface area contributed by atoms with Gasteiger partial charge in [-0.15, -0.1) is 11.3 Å². The molecule has 1 saturated heterocycles. The van der Waals surface area contributed by atoms with Crippen molar-refractivity contribution in [2.75, 3.05) is 19.3 Å². The van der Waals surface area contributed by atoms with E-state index in [1.54, 1.807) is 35.0 Å². The lowest BCUT2D eigenvalue weighted by molar-refractivity contribution is 0.0744. The maximum absolute atomic E-state index is 13.1. The molecule has 1 N–H and O–H groups in total. The molecular formula is C26H25ClN4O3S2. The number of benzene rings is 2. The number of hydrogen-bond donors (Lipinski definition) is 1. The van der Waals surface area contributed by atoms with Gasteiger partial charge in [0.2, 0.25) is 0 Å². The number of thiophene rings is 1. The summed E-state index contributed by atoms with van der Waals surface area (Å²) in [5.41, 5.74) is 5.47. The van der Waals surface area contributed by atoms with Crippen molar-refractivity contribution in [2.24, 2.45) is 0 Å². The van der Waals surface area contributed by atoms with Crippen LogP contribution in [0.5, 0.6) is 0 Å². The van der Waals surface area contributed by atoms with E-state index in [0.29, 0.717) is 16.4 Å². The second kappa shape index (κ2) is 10.2. The molecule has 0 unspecified atom stereocenters. The molecule has 3 heterocycles. The monoisotopic (exact) mass is 540 g/mol. The Labute approximate surface area is 219 Å². The number of piperidine rings is 1. The van der Waals surface area contributed by atoms with Gasteiger partial charge in [-0.3, -0.25) is 10.2 Å². The molecule has 0 bridgehead atoms. The number of sulfone groups is 1. The highest BCUT2D eigenvalue weighted by Crippen LogP contribution is 2.37. The molecule has 4 aromatic rings. The molecule has 36 heavy (non-hydrogen) atoms. The number of amides is 1. The summed E-state index contributed by atoms with van der Waals surface area (Å²) < 4.78 is 25.7. The SMILES string of the molecule is CS(=O)(=O)c1cccc(-c2ccc(-c3cc(C(=O)NN4CCCCC4)nn3-c3ccccc3Cl)s2)c1. The van der Waals surface area contributed by atoms with Crippen molar-refractivity contribution in [3.8, 4) is 26.7 Å². The highest BCUT2D eigenvalue weighted by molar-refractivity contribution is 7.90. The third-order valence-electron chi connectivity index (χ3n) is 6.04. The first-order valence-electron chi connectivity index (χ1n) is 11.6. The average molecular weight is 541 g/mol. The van der Waals surface area contributed by atoms with Gasteiger partial charge in [0.1, 0.15) is 0 Å². The summed E-state index contributed by atoms with van der Waals surface area (Å²) in [6.07, 6.45) is 4.48. The molecule has 1 aliphatic heterocycles. The maximum atomic E-state index is 13.1. The predicted molar refractivity (Wildman–Crippen MR) is 143 cm³/mol. The van der Waals surface area contributed by atoms with E-state index in [0.717, 1.165) is 46.9 Å². The number of para-hydroxylation sites is 1. The Morgan fingerprint density at radius 3 is 2.47 bits per heavy atom. The van der Waals surface area contributed by atoms with Gasteiger partial charge in [0.25, 0.3) is 5.91 Å². The highest BCUT2D eigenvalue weighted by Gasteiger charge is 2.22. The highest BCUT2D eigenvalue weighted by atomic mass is 35.5. The van der Waals surface area contributed by atoms with Gasteiger partial charge in [0, 0.05) is 24.2 Å². The van der Waals surface area contributed by atoms with Crippen molar-refractivity contribution in [1.82, 2.24) is 20.2 Å². The van der Waals surface area contributed by atoms with E-state index in [-0.39, 0.29) is 10.8 Å². The van der Waals surface area contributed by atoms with E-state index in [9.17, 15) is 13.2 Å². The quantitative estimate of drug-likeness (QED) is 0.351. The fraction of sp³-hybridized carbons (Fsp3) is 0.231. The first-order valence-corrected chi connectivity index (χ1v) is 14.7. The second-order valence-electron chi connectivity index (χ2n) is 8.73. The molecule has 0 radical (unpaired) electrons. The molecule has 10 heteroatoms. The fourth-order valence-electron chi connectivity index (χ4n) is 4.19. The molecule has 2 aromatic carbocycles. The summed E-state index contributed by atoms with van der Waals surface area (Å²) in [4.78, 5) is 15.1. The van der Waals surface area contributed by atoms with Crippen LogP contribution in [0.25, 0.3) is 26.7 Å². The van der Waals surface area contributed by atoms with Crippen LogP contribution < -0.4 is 5.43 Å². The van der Waals surface area contributed by atoms with E-state index in [2.05, 4.69) is 10.5 Å². The van der Waals surface area contributed by atoms with E-state index >= 15 is 0 Å². The summed E-state index contributed by atoms with van der Waals surface area (Å²) in [6.45, 7) is 1.65. The van der Waals surface area contributed by atoms with E-state index in [1.807, 2.05) is 41.4 Å². The van der Waals surface area contributed by atoms with Gasteiger partial charge < -0.3 is 0 Å². The summed E-state index contributed by atoms with van der Waals surface area (Å²) in [6, 6.07) is 19.9. The molecule has 1 fully saturated rings. The molecule has 0 atom stereocenters. The molecule has 1 amide bonds. The van der Waals surface area contributed by atoms with E-state index in [1.165, 1.54) is 24.0 Å². The number of nitrogens with one attached hydrogen (secondary N) is 1. The molecule has 7 nitrogen and oxygen atoms in total. The Morgan fingerprint density at radius 1 is 0.972 bits per heavy atom. The number of carbonyl (C=O) groups excluding carboxylic acids is 1. The average Bonchev–Trinajstić information content (AvgIpc) is 3.52. The van der Waals surface area contributed by atoms with Crippen molar-refractivity contribution in [3.05, 3.63) is 77.4 Å². The standard InChI is InChI=1S/C26H25ClN4O3S2/c1-36(33,34)19-9-7-8-18(16-19)24-12-13-25(35-24)23-17-21(26(32)29-30-14-5-2-6-15-30)28-31(23)22-11-4-3-10-20(22)27/h3-4,7-13,16-17H,2,5-6,14-15H2,1H3,(H,29,32). The van der Waals surface area contributed by atoms with Crippen molar-refractivity contribution in [1.29, 1.82) is 0 Å². The Balaban J connectivity index is 1.53. The van der Waals surface area contributed by atoms with Gasteiger partial charge in [0.15, 0.2) is 15.5 Å². The number of nitrogens with zero attached hydrogens (tertiary/aromatic N) is 3. The van der Waals surface area contributed by atoms with Crippen molar-refractivity contribution in [2.45, 2.75) is 24.2 Å². The van der Waals surface area contributed by atoms with E-state index < -0.39 is 9.84 Å². The normalized spacial score (nSPS) is 14.6.